The Morgan fingerprint density at radius 3 is 2.38 bits per heavy atom. The Bertz CT molecular complexity index is 1120. The van der Waals surface area contributed by atoms with Crippen LogP contribution in [-0.4, -0.2) is 19.3 Å². The number of carbonyl (C=O) groups excluding carboxylic acids is 1. The third-order valence-electron chi connectivity index (χ3n) is 5.94. The van der Waals surface area contributed by atoms with Gasteiger partial charge in [0.25, 0.3) is 0 Å². The number of urea groups is 1. The van der Waals surface area contributed by atoms with Crippen molar-refractivity contribution in [3.05, 3.63) is 71.8 Å². The first-order chi connectivity index (χ1) is 14.9. The molecule has 32 heavy (non-hydrogen) atoms. The van der Waals surface area contributed by atoms with E-state index in [0.717, 1.165) is 33.8 Å². The Hall–Kier alpha value is -3.12. The molecular formula is C26H33N3O2Si. The molecule has 2 N–H and O–H groups in total. The lowest BCUT2D eigenvalue weighted by atomic mass is 10.1. The Morgan fingerprint density at radius 2 is 1.66 bits per heavy atom. The van der Waals surface area contributed by atoms with Crippen LogP contribution in [0.4, 0.5) is 16.3 Å². The topological polar surface area (TPSA) is 63.2 Å². The molecular weight excluding hydrogens is 414 g/mol. The maximum absolute atomic E-state index is 12.5. The number of pyridine rings is 1. The largest absolute Gasteiger partial charge is 0.543 e. The molecule has 0 atom stereocenters. The van der Waals surface area contributed by atoms with Crippen molar-refractivity contribution in [1.82, 2.24) is 4.98 Å². The number of nitrogens with zero attached hydrogens (tertiary/aromatic N) is 1. The fraction of sp³-hybridized carbons (Fsp3) is 0.308. The van der Waals surface area contributed by atoms with E-state index in [0.29, 0.717) is 5.82 Å². The molecule has 0 aliphatic rings. The molecule has 6 heteroatoms. The van der Waals surface area contributed by atoms with Gasteiger partial charge in [0.1, 0.15) is 11.6 Å². The average Bonchev–Trinajstić information content (AvgIpc) is 2.70. The molecule has 0 saturated heterocycles. The van der Waals surface area contributed by atoms with Crippen LogP contribution >= 0.6 is 0 Å². The molecule has 3 rings (SSSR count). The molecule has 0 radical (unpaired) electrons. The number of aryl methyl sites for hydroxylation is 2. The summed E-state index contributed by atoms with van der Waals surface area (Å²) in [5, 5.41) is 5.86. The number of benzene rings is 2. The Balaban J connectivity index is 1.76. The summed E-state index contributed by atoms with van der Waals surface area (Å²) < 4.78 is 6.44. The highest BCUT2D eigenvalue weighted by atomic mass is 28.4. The number of hydrogen-bond acceptors (Lipinski definition) is 3. The van der Waals surface area contributed by atoms with Crippen LogP contribution in [0.2, 0.25) is 18.1 Å². The molecule has 0 saturated carbocycles. The van der Waals surface area contributed by atoms with E-state index in [1.165, 1.54) is 0 Å². The molecule has 1 aromatic heterocycles. The van der Waals surface area contributed by atoms with E-state index >= 15 is 0 Å². The van der Waals surface area contributed by atoms with Crippen molar-refractivity contribution in [2.45, 2.75) is 52.8 Å². The van der Waals surface area contributed by atoms with E-state index in [4.69, 9.17) is 4.43 Å². The summed E-state index contributed by atoms with van der Waals surface area (Å²) in [4.78, 5) is 17.2. The van der Waals surface area contributed by atoms with Gasteiger partial charge in [0.05, 0.1) is 5.69 Å². The number of aromatic nitrogens is 1. The van der Waals surface area contributed by atoms with Gasteiger partial charge < -0.3 is 9.74 Å². The summed E-state index contributed by atoms with van der Waals surface area (Å²) in [7, 11) is -1.93. The molecule has 0 aliphatic carbocycles. The monoisotopic (exact) mass is 447 g/mol. The van der Waals surface area contributed by atoms with Crippen molar-refractivity contribution in [3.8, 4) is 17.0 Å². The molecule has 0 aliphatic heterocycles. The molecule has 0 fully saturated rings. The molecule has 0 unspecified atom stereocenters. The molecule has 3 aromatic rings. The van der Waals surface area contributed by atoms with E-state index in [2.05, 4.69) is 49.5 Å². The molecule has 168 valence electrons. The first-order valence-electron chi connectivity index (χ1n) is 10.9. The third kappa shape index (κ3) is 5.76. The van der Waals surface area contributed by atoms with Gasteiger partial charge in [-0.15, -0.1) is 0 Å². The number of hydrogen-bond donors (Lipinski definition) is 2. The lowest BCUT2D eigenvalue weighted by Crippen LogP contribution is -2.43. The maximum atomic E-state index is 12.5. The van der Waals surface area contributed by atoms with E-state index < -0.39 is 8.32 Å². The highest BCUT2D eigenvalue weighted by Crippen LogP contribution is 2.38. The zero-order valence-electron chi connectivity index (χ0n) is 20.0. The molecule has 1 heterocycles. The highest BCUT2D eigenvalue weighted by molar-refractivity contribution is 6.74. The zero-order valence-corrected chi connectivity index (χ0v) is 21.0. The van der Waals surface area contributed by atoms with Crippen molar-refractivity contribution < 1.29 is 9.22 Å². The quantitative estimate of drug-likeness (QED) is 0.401. The van der Waals surface area contributed by atoms with Crippen LogP contribution in [0.25, 0.3) is 11.3 Å². The van der Waals surface area contributed by atoms with Gasteiger partial charge in [0.2, 0.25) is 8.32 Å². The van der Waals surface area contributed by atoms with Crippen LogP contribution in [0.1, 0.15) is 31.9 Å². The van der Waals surface area contributed by atoms with Crippen LogP contribution in [-0.2, 0) is 0 Å². The van der Waals surface area contributed by atoms with Crippen molar-refractivity contribution >= 4 is 25.9 Å². The van der Waals surface area contributed by atoms with Gasteiger partial charge in [-0.2, -0.15) is 0 Å². The minimum absolute atomic E-state index is 0.119. The maximum Gasteiger partial charge on any atom is 0.324 e. The van der Waals surface area contributed by atoms with Crippen molar-refractivity contribution in [1.29, 1.82) is 0 Å². The summed E-state index contributed by atoms with van der Waals surface area (Å²) in [5.74, 6) is 1.34. The lowest BCUT2D eigenvalue weighted by Gasteiger charge is -2.36. The highest BCUT2D eigenvalue weighted by Gasteiger charge is 2.38. The van der Waals surface area contributed by atoms with Gasteiger partial charge >= 0.3 is 6.03 Å². The predicted molar refractivity (Wildman–Crippen MR) is 136 cm³/mol. The predicted octanol–water partition coefficient (Wildman–Crippen LogP) is 7.39. The first kappa shape index (κ1) is 23.5. The number of nitrogens with one attached hydrogen (secondary N) is 2. The normalized spacial score (nSPS) is 11.7. The van der Waals surface area contributed by atoms with Crippen molar-refractivity contribution in [2.75, 3.05) is 10.6 Å². The number of anilines is 2. The van der Waals surface area contributed by atoms with Crippen LogP contribution in [0, 0.1) is 13.8 Å². The second-order valence-electron chi connectivity index (χ2n) is 9.70. The fourth-order valence-corrected chi connectivity index (χ4v) is 3.99. The summed E-state index contributed by atoms with van der Waals surface area (Å²) in [5.41, 5.74) is 4.60. The van der Waals surface area contributed by atoms with Crippen molar-refractivity contribution in [3.63, 3.8) is 0 Å². The average molecular weight is 448 g/mol. The van der Waals surface area contributed by atoms with E-state index in [-0.39, 0.29) is 11.1 Å². The summed E-state index contributed by atoms with van der Waals surface area (Å²) in [6.45, 7) is 15.1. The van der Waals surface area contributed by atoms with Gasteiger partial charge in [-0.05, 0) is 73.4 Å². The van der Waals surface area contributed by atoms with E-state index in [9.17, 15) is 4.79 Å². The van der Waals surface area contributed by atoms with Crippen LogP contribution in [0.5, 0.6) is 5.75 Å². The van der Waals surface area contributed by atoms with Gasteiger partial charge in [-0.25, -0.2) is 9.78 Å². The number of rotatable bonds is 5. The van der Waals surface area contributed by atoms with Crippen molar-refractivity contribution in [2.24, 2.45) is 0 Å². The molecule has 2 aromatic carbocycles. The second-order valence-corrected chi connectivity index (χ2v) is 14.4. The van der Waals surface area contributed by atoms with Gasteiger partial charge in [-0.1, -0.05) is 51.1 Å². The Kier molecular flexibility index (Phi) is 6.74. The Morgan fingerprint density at radius 1 is 0.938 bits per heavy atom. The summed E-state index contributed by atoms with van der Waals surface area (Å²) >= 11 is 0. The van der Waals surface area contributed by atoms with Gasteiger partial charge in [0.15, 0.2) is 0 Å². The third-order valence-corrected chi connectivity index (χ3v) is 10.3. The van der Waals surface area contributed by atoms with Gasteiger partial charge in [-0.3, -0.25) is 5.32 Å². The van der Waals surface area contributed by atoms with Crippen LogP contribution in [0.3, 0.4) is 0 Å². The van der Waals surface area contributed by atoms with E-state index in [1.54, 1.807) is 6.07 Å². The minimum Gasteiger partial charge on any atom is -0.543 e. The molecule has 5 nitrogen and oxygen atoms in total. The first-order valence-corrected chi connectivity index (χ1v) is 13.8. The summed E-state index contributed by atoms with van der Waals surface area (Å²) in [6, 6.07) is 19.2. The lowest BCUT2D eigenvalue weighted by molar-refractivity contribution is 0.262. The second kappa shape index (κ2) is 9.16. The molecule has 2 amide bonds. The smallest absolute Gasteiger partial charge is 0.324 e. The number of carbonyl (C=O) groups is 1. The summed E-state index contributed by atoms with van der Waals surface area (Å²) in [6.07, 6.45) is 0. The SMILES string of the molecule is Cc1ccc(C)c(NC(=O)Nc2cccc(-c3cccc(O[Si](C)(C)C(C)(C)C)c3)n2)c1. The number of amides is 2. The molecule has 0 spiro atoms. The van der Waals surface area contributed by atoms with Crippen LogP contribution < -0.4 is 15.1 Å². The zero-order chi connectivity index (χ0) is 23.5. The fourth-order valence-electron chi connectivity index (χ4n) is 2.97. The standard InChI is InChI=1S/C26H33N3O2Si/c1-18-14-15-19(2)23(16-18)28-25(30)29-24-13-9-12-22(27-24)20-10-8-11-21(17-20)31-32(6,7)26(3,4)5/h8-17H,1-7H3,(H2,27,28,29,30). The van der Waals surface area contributed by atoms with E-state index in [1.807, 2.05) is 68.4 Å². The Labute approximate surface area is 192 Å². The van der Waals surface area contributed by atoms with Gasteiger partial charge in [0, 0.05) is 11.3 Å². The van der Waals surface area contributed by atoms with Crippen LogP contribution in [0.15, 0.2) is 60.7 Å². The molecule has 0 bridgehead atoms. The minimum atomic E-state index is -1.93.